The van der Waals surface area contributed by atoms with Crippen LogP contribution in [-0.2, 0) is 19.1 Å². The zero-order chi connectivity index (χ0) is 14.9. The molecule has 0 bridgehead atoms. The third kappa shape index (κ3) is 3.00. The number of aromatic hydroxyl groups is 1. The van der Waals surface area contributed by atoms with E-state index in [0.29, 0.717) is 0 Å². The minimum absolute atomic E-state index is 0.0883. The molecule has 1 fully saturated rings. The molecule has 1 aromatic rings. The number of nitrogens with zero attached hydrogens (tertiary/aromatic N) is 3. The smallest absolute Gasteiger partial charge is 0.269 e. The molecule has 1 atom stereocenters. The topological polar surface area (TPSA) is 110 Å². The van der Waals surface area contributed by atoms with Crippen molar-refractivity contribution in [1.82, 2.24) is 9.97 Å². The standard InChI is InChI=1S/C10H12ClN3O5S/c1-2-20(17,18)19-8-4-3-7(16)14(8)9-6(15)5-12-10(11)13-9/h5,8,15H,2-4H2,1H3. The molecule has 1 N–H and O–H groups in total. The van der Waals surface area contributed by atoms with Crippen LogP contribution in [0.1, 0.15) is 19.8 Å². The Labute approximate surface area is 120 Å². The Morgan fingerprint density at radius 2 is 2.30 bits per heavy atom. The van der Waals surface area contributed by atoms with Crippen LogP contribution in [0.3, 0.4) is 0 Å². The van der Waals surface area contributed by atoms with E-state index in [2.05, 4.69) is 9.97 Å². The summed E-state index contributed by atoms with van der Waals surface area (Å²) in [5.41, 5.74) is 0. The third-order valence-corrected chi connectivity index (χ3v) is 4.13. The lowest BCUT2D eigenvalue weighted by Crippen LogP contribution is -2.37. The largest absolute Gasteiger partial charge is 0.503 e. The van der Waals surface area contributed by atoms with Crippen molar-refractivity contribution in [1.29, 1.82) is 0 Å². The predicted molar refractivity (Wildman–Crippen MR) is 69.8 cm³/mol. The van der Waals surface area contributed by atoms with Gasteiger partial charge in [-0.1, -0.05) is 0 Å². The van der Waals surface area contributed by atoms with Crippen molar-refractivity contribution in [3.63, 3.8) is 0 Å². The fourth-order valence-electron chi connectivity index (χ4n) is 1.76. The first kappa shape index (κ1) is 14.9. The van der Waals surface area contributed by atoms with E-state index in [9.17, 15) is 18.3 Å². The molecule has 2 rings (SSSR count). The average molecular weight is 322 g/mol. The summed E-state index contributed by atoms with van der Waals surface area (Å²) in [6, 6.07) is 0. The molecule has 1 unspecified atom stereocenters. The van der Waals surface area contributed by atoms with E-state index in [-0.39, 0.29) is 35.4 Å². The number of amides is 1. The maximum atomic E-state index is 11.9. The van der Waals surface area contributed by atoms with Gasteiger partial charge in [0.1, 0.15) is 0 Å². The predicted octanol–water partition coefficient (Wildman–Crippen LogP) is 0.655. The SMILES string of the molecule is CCS(=O)(=O)OC1CCC(=O)N1c1nc(Cl)ncc1O. The Bertz CT molecular complexity index is 636. The fourth-order valence-corrected chi connectivity index (χ4v) is 2.55. The van der Waals surface area contributed by atoms with Crippen LogP contribution in [0.2, 0.25) is 5.28 Å². The number of halogens is 1. The maximum Gasteiger partial charge on any atom is 0.269 e. The average Bonchev–Trinajstić information content (AvgIpc) is 2.73. The van der Waals surface area contributed by atoms with Crippen LogP contribution >= 0.6 is 11.6 Å². The normalized spacial score (nSPS) is 19.6. The Morgan fingerprint density at radius 3 is 2.95 bits per heavy atom. The summed E-state index contributed by atoms with van der Waals surface area (Å²) in [4.78, 5) is 20.1. The van der Waals surface area contributed by atoms with Gasteiger partial charge in [0.25, 0.3) is 10.1 Å². The van der Waals surface area contributed by atoms with Crippen molar-refractivity contribution in [3.05, 3.63) is 11.5 Å². The molecule has 110 valence electrons. The first-order valence-corrected chi connectivity index (χ1v) is 7.74. The monoisotopic (exact) mass is 321 g/mol. The van der Waals surface area contributed by atoms with E-state index in [4.69, 9.17) is 15.8 Å². The molecule has 1 aliphatic heterocycles. The molecule has 1 aromatic heterocycles. The summed E-state index contributed by atoms with van der Waals surface area (Å²) in [5, 5.41) is 9.53. The van der Waals surface area contributed by atoms with Crippen molar-refractivity contribution in [2.75, 3.05) is 10.7 Å². The van der Waals surface area contributed by atoms with Crippen LogP contribution in [0, 0.1) is 0 Å². The molecule has 0 aromatic carbocycles. The molecule has 1 aliphatic rings. The van der Waals surface area contributed by atoms with Gasteiger partial charge in [-0.25, -0.2) is 9.17 Å². The van der Waals surface area contributed by atoms with Crippen LogP contribution in [0.25, 0.3) is 0 Å². The molecule has 1 amide bonds. The molecule has 0 saturated carbocycles. The second kappa shape index (κ2) is 5.51. The number of hydrogen-bond donors (Lipinski definition) is 1. The summed E-state index contributed by atoms with van der Waals surface area (Å²) in [5.74, 6) is -1.18. The molecule has 20 heavy (non-hydrogen) atoms. The highest BCUT2D eigenvalue weighted by molar-refractivity contribution is 7.86. The summed E-state index contributed by atoms with van der Waals surface area (Å²) >= 11 is 5.62. The van der Waals surface area contributed by atoms with E-state index in [1.807, 2.05) is 0 Å². The minimum Gasteiger partial charge on any atom is -0.503 e. The number of rotatable bonds is 4. The molecule has 1 saturated heterocycles. The number of carbonyl (C=O) groups is 1. The van der Waals surface area contributed by atoms with Crippen molar-refractivity contribution in [3.8, 4) is 5.75 Å². The molecule has 10 heteroatoms. The van der Waals surface area contributed by atoms with Gasteiger partial charge in [-0.05, 0) is 18.5 Å². The lowest BCUT2D eigenvalue weighted by Gasteiger charge is -2.23. The van der Waals surface area contributed by atoms with Crippen LogP contribution in [-0.4, -0.2) is 41.4 Å². The van der Waals surface area contributed by atoms with Gasteiger partial charge in [-0.15, -0.1) is 0 Å². The van der Waals surface area contributed by atoms with E-state index in [1.165, 1.54) is 6.92 Å². The number of carbonyl (C=O) groups excluding carboxylic acids is 1. The number of aromatic nitrogens is 2. The molecule has 0 aliphatic carbocycles. The van der Waals surface area contributed by atoms with Crippen molar-refractivity contribution < 1.29 is 22.5 Å². The van der Waals surface area contributed by atoms with Gasteiger partial charge in [0.05, 0.1) is 11.9 Å². The lowest BCUT2D eigenvalue weighted by atomic mass is 10.4. The fraction of sp³-hybridized carbons (Fsp3) is 0.500. The Hall–Kier alpha value is -1.45. The molecule has 0 radical (unpaired) electrons. The van der Waals surface area contributed by atoms with E-state index < -0.39 is 22.3 Å². The van der Waals surface area contributed by atoms with Gasteiger partial charge in [-0.3, -0.25) is 9.69 Å². The second-order valence-electron chi connectivity index (χ2n) is 4.05. The van der Waals surface area contributed by atoms with Crippen LogP contribution in [0.5, 0.6) is 5.75 Å². The van der Waals surface area contributed by atoms with E-state index in [0.717, 1.165) is 11.1 Å². The second-order valence-corrected chi connectivity index (χ2v) is 6.27. The molecule has 2 heterocycles. The summed E-state index contributed by atoms with van der Waals surface area (Å²) < 4.78 is 28.0. The molecular formula is C10H12ClN3O5S. The lowest BCUT2D eigenvalue weighted by molar-refractivity contribution is -0.117. The first-order valence-electron chi connectivity index (χ1n) is 5.78. The number of anilines is 1. The van der Waals surface area contributed by atoms with Gasteiger partial charge < -0.3 is 5.11 Å². The first-order chi connectivity index (χ1) is 9.34. The van der Waals surface area contributed by atoms with Crippen LogP contribution in [0.15, 0.2) is 6.20 Å². The quantitative estimate of drug-likeness (QED) is 0.640. The van der Waals surface area contributed by atoms with Crippen molar-refractivity contribution >= 4 is 33.4 Å². The van der Waals surface area contributed by atoms with Gasteiger partial charge in [0, 0.05) is 12.8 Å². The zero-order valence-electron chi connectivity index (χ0n) is 10.5. The third-order valence-electron chi connectivity index (χ3n) is 2.72. The summed E-state index contributed by atoms with van der Waals surface area (Å²) in [6.45, 7) is 1.43. The van der Waals surface area contributed by atoms with Crippen LogP contribution < -0.4 is 4.90 Å². The zero-order valence-corrected chi connectivity index (χ0v) is 12.1. The van der Waals surface area contributed by atoms with E-state index >= 15 is 0 Å². The maximum absolute atomic E-state index is 11.9. The highest BCUT2D eigenvalue weighted by atomic mass is 35.5. The molecule has 8 nitrogen and oxygen atoms in total. The van der Waals surface area contributed by atoms with Crippen molar-refractivity contribution in [2.24, 2.45) is 0 Å². The summed E-state index contributed by atoms with van der Waals surface area (Å²) in [7, 11) is -3.74. The molecular weight excluding hydrogens is 310 g/mol. The summed E-state index contributed by atoms with van der Waals surface area (Å²) in [6.07, 6.45) is 0.260. The van der Waals surface area contributed by atoms with Crippen LogP contribution in [0.4, 0.5) is 5.82 Å². The van der Waals surface area contributed by atoms with Gasteiger partial charge in [0.2, 0.25) is 11.2 Å². The van der Waals surface area contributed by atoms with Crippen molar-refractivity contribution in [2.45, 2.75) is 26.0 Å². The Kier molecular flexibility index (Phi) is 4.11. The highest BCUT2D eigenvalue weighted by Crippen LogP contribution is 2.33. The molecule has 0 spiro atoms. The van der Waals surface area contributed by atoms with Gasteiger partial charge >= 0.3 is 0 Å². The number of hydrogen-bond acceptors (Lipinski definition) is 7. The minimum atomic E-state index is -3.74. The Morgan fingerprint density at radius 1 is 1.60 bits per heavy atom. The Balaban J connectivity index is 2.36. The highest BCUT2D eigenvalue weighted by Gasteiger charge is 2.38. The van der Waals surface area contributed by atoms with Gasteiger partial charge in [0.15, 0.2) is 17.8 Å². The van der Waals surface area contributed by atoms with Gasteiger partial charge in [-0.2, -0.15) is 13.4 Å². The van der Waals surface area contributed by atoms with E-state index in [1.54, 1.807) is 0 Å².